The molecule has 1 aromatic rings. The molecule has 6 heteroatoms. The summed E-state index contributed by atoms with van der Waals surface area (Å²) in [4.78, 5) is 4.32. The molecule has 0 spiro atoms. The molecule has 1 aromatic heterocycles. The lowest BCUT2D eigenvalue weighted by molar-refractivity contribution is 0.216. The van der Waals surface area contributed by atoms with Gasteiger partial charge in [-0.1, -0.05) is 13.8 Å². The van der Waals surface area contributed by atoms with Crippen LogP contribution in [0.4, 0.5) is 0 Å². The molecule has 0 saturated heterocycles. The molecule has 1 saturated carbocycles. The van der Waals surface area contributed by atoms with E-state index in [1.54, 1.807) is 0 Å². The van der Waals surface area contributed by atoms with Gasteiger partial charge in [-0.25, -0.2) is 0 Å². The average molecular weight is 419 g/mol. The molecule has 0 aliphatic heterocycles. The van der Waals surface area contributed by atoms with Gasteiger partial charge < -0.3 is 10.6 Å². The maximum atomic E-state index is 4.32. The predicted molar refractivity (Wildman–Crippen MR) is 103 cm³/mol. The third kappa shape index (κ3) is 6.14. The van der Waals surface area contributed by atoms with E-state index in [0.29, 0.717) is 11.5 Å². The van der Waals surface area contributed by atoms with Gasteiger partial charge in [-0.05, 0) is 43.6 Å². The van der Waals surface area contributed by atoms with E-state index in [0.717, 1.165) is 19.0 Å². The first-order valence-corrected chi connectivity index (χ1v) is 7.95. The van der Waals surface area contributed by atoms with Crippen LogP contribution in [-0.4, -0.2) is 35.4 Å². The Morgan fingerprint density at radius 2 is 2.09 bits per heavy atom. The highest BCUT2D eigenvalue weighted by atomic mass is 127. The molecule has 0 aromatic carbocycles. The van der Waals surface area contributed by atoms with Crippen LogP contribution < -0.4 is 10.6 Å². The summed E-state index contributed by atoms with van der Waals surface area (Å²) in [6.45, 7) is 8.47. The van der Waals surface area contributed by atoms with E-state index in [1.807, 2.05) is 17.9 Å². The largest absolute Gasteiger partial charge is 0.355 e. The molecule has 0 atom stereocenters. The third-order valence-electron chi connectivity index (χ3n) is 4.30. The van der Waals surface area contributed by atoms with Crippen LogP contribution in [0.3, 0.4) is 0 Å². The van der Waals surface area contributed by atoms with Crippen LogP contribution in [0.25, 0.3) is 0 Å². The topological polar surface area (TPSA) is 54.2 Å². The lowest BCUT2D eigenvalue weighted by Gasteiger charge is -2.35. The second-order valence-electron chi connectivity index (χ2n) is 6.86. The molecule has 1 fully saturated rings. The Kier molecular flexibility index (Phi) is 7.65. The maximum Gasteiger partial charge on any atom is 0.191 e. The molecule has 2 rings (SSSR count). The zero-order valence-corrected chi connectivity index (χ0v) is 16.6. The Hall–Kier alpha value is -0.790. The fraction of sp³-hybridized carbons (Fsp3) is 0.750. The van der Waals surface area contributed by atoms with Gasteiger partial charge in [0.1, 0.15) is 0 Å². The number of halogens is 1. The van der Waals surface area contributed by atoms with E-state index in [4.69, 9.17) is 0 Å². The number of hydrogen-bond donors (Lipinski definition) is 2. The molecule has 126 valence electrons. The molecule has 1 aliphatic rings. The number of nitrogens with zero attached hydrogens (tertiary/aromatic N) is 3. The molecule has 22 heavy (non-hydrogen) atoms. The number of rotatable bonds is 4. The first kappa shape index (κ1) is 19.3. The van der Waals surface area contributed by atoms with E-state index in [1.165, 1.54) is 31.2 Å². The van der Waals surface area contributed by atoms with Crippen molar-refractivity contribution in [2.24, 2.45) is 10.4 Å². The van der Waals surface area contributed by atoms with Crippen LogP contribution in [0.15, 0.2) is 17.4 Å². The van der Waals surface area contributed by atoms with Gasteiger partial charge in [0, 0.05) is 25.8 Å². The van der Waals surface area contributed by atoms with Gasteiger partial charge in [-0.2, -0.15) is 5.10 Å². The van der Waals surface area contributed by atoms with Crippen molar-refractivity contribution in [1.29, 1.82) is 0 Å². The second kappa shape index (κ2) is 8.74. The fourth-order valence-corrected chi connectivity index (χ4v) is 2.81. The van der Waals surface area contributed by atoms with E-state index < -0.39 is 0 Å². The van der Waals surface area contributed by atoms with Crippen LogP contribution in [0.1, 0.15) is 45.1 Å². The lowest BCUT2D eigenvalue weighted by atomic mass is 9.75. The van der Waals surface area contributed by atoms with E-state index in [-0.39, 0.29) is 24.0 Å². The van der Waals surface area contributed by atoms with Crippen molar-refractivity contribution in [2.75, 3.05) is 13.6 Å². The summed E-state index contributed by atoms with van der Waals surface area (Å²) in [5.74, 6) is 0.906. The van der Waals surface area contributed by atoms with E-state index >= 15 is 0 Å². The van der Waals surface area contributed by atoms with Gasteiger partial charge in [0.15, 0.2) is 5.96 Å². The summed E-state index contributed by atoms with van der Waals surface area (Å²) >= 11 is 0. The normalized spacial score (nSPS) is 18.6. The predicted octanol–water partition coefficient (Wildman–Crippen LogP) is 2.94. The standard InChI is InChI=1S/C16H29N5.HI/c1-13-11-19-21(12-13)10-9-18-15(17-4)20-14-5-7-16(2,3)8-6-14;/h11-12,14H,5-10H2,1-4H3,(H2,17,18,20);1H. The Morgan fingerprint density at radius 1 is 1.41 bits per heavy atom. The van der Waals surface area contributed by atoms with Crippen molar-refractivity contribution < 1.29 is 0 Å². The van der Waals surface area contributed by atoms with Gasteiger partial charge in [0.25, 0.3) is 0 Å². The molecule has 1 aliphatic carbocycles. The Balaban J connectivity index is 0.00000242. The van der Waals surface area contributed by atoms with Crippen LogP contribution in [-0.2, 0) is 6.54 Å². The number of aryl methyl sites for hydroxylation is 1. The van der Waals surface area contributed by atoms with Gasteiger partial charge in [-0.15, -0.1) is 24.0 Å². The summed E-state index contributed by atoms with van der Waals surface area (Å²) in [5.41, 5.74) is 1.70. The molecule has 0 radical (unpaired) electrons. The van der Waals surface area contributed by atoms with Crippen LogP contribution in [0.5, 0.6) is 0 Å². The molecule has 2 N–H and O–H groups in total. The van der Waals surface area contributed by atoms with E-state index in [2.05, 4.69) is 47.7 Å². The third-order valence-corrected chi connectivity index (χ3v) is 4.30. The quantitative estimate of drug-likeness (QED) is 0.448. The van der Waals surface area contributed by atoms with Crippen molar-refractivity contribution >= 4 is 29.9 Å². The molecule has 0 bridgehead atoms. The van der Waals surface area contributed by atoms with Crippen molar-refractivity contribution in [3.05, 3.63) is 18.0 Å². The SMILES string of the molecule is CN=C(NCCn1cc(C)cn1)NC1CCC(C)(C)CC1.I. The van der Waals surface area contributed by atoms with Gasteiger partial charge in [-0.3, -0.25) is 9.67 Å². The fourth-order valence-electron chi connectivity index (χ4n) is 2.81. The van der Waals surface area contributed by atoms with Crippen molar-refractivity contribution in [2.45, 2.75) is 59.0 Å². The molecule has 1 heterocycles. The Morgan fingerprint density at radius 3 is 2.64 bits per heavy atom. The summed E-state index contributed by atoms with van der Waals surface area (Å²) < 4.78 is 1.96. The zero-order valence-electron chi connectivity index (χ0n) is 14.2. The minimum atomic E-state index is 0. The first-order valence-electron chi connectivity index (χ1n) is 7.95. The van der Waals surface area contributed by atoms with Crippen molar-refractivity contribution in [1.82, 2.24) is 20.4 Å². The highest BCUT2D eigenvalue weighted by Crippen LogP contribution is 2.34. The Bertz CT molecular complexity index is 471. The zero-order chi connectivity index (χ0) is 15.3. The summed E-state index contributed by atoms with van der Waals surface area (Å²) in [5, 5.41) is 11.2. The number of hydrogen-bond acceptors (Lipinski definition) is 2. The van der Waals surface area contributed by atoms with Gasteiger partial charge in [0.05, 0.1) is 12.7 Å². The molecular formula is C16H30IN5. The van der Waals surface area contributed by atoms with Crippen LogP contribution in [0.2, 0.25) is 0 Å². The number of nitrogens with one attached hydrogen (secondary N) is 2. The second-order valence-corrected chi connectivity index (χ2v) is 6.86. The average Bonchev–Trinajstić information content (AvgIpc) is 2.85. The number of guanidine groups is 1. The lowest BCUT2D eigenvalue weighted by Crippen LogP contribution is -2.46. The first-order chi connectivity index (χ1) is 9.98. The monoisotopic (exact) mass is 419 g/mol. The van der Waals surface area contributed by atoms with Crippen LogP contribution >= 0.6 is 24.0 Å². The maximum absolute atomic E-state index is 4.32. The van der Waals surface area contributed by atoms with Crippen LogP contribution in [0, 0.1) is 12.3 Å². The molecule has 0 unspecified atom stereocenters. The summed E-state index contributed by atoms with van der Waals surface area (Å²) in [6.07, 6.45) is 8.97. The molecule has 0 amide bonds. The number of aromatic nitrogens is 2. The smallest absolute Gasteiger partial charge is 0.191 e. The van der Waals surface area contributed by atoms with Gasteiger partial charge in [0.2, 0.25) is 0 Å². The highest BCUT2D eigenvalue weighted by Gasteiger charge is 2.26. The molecule has 5 nitrogen and oxygen atoms in total. The van der Waals surface area contributed by atoms with Gasteiger partial charge >= 0.3 is 0 Å². The summed E-state index contributed by atoms with van der Waals surface area (Å²) in [7, 11) is 1.83. The van der Waals surface area contributed by atoms with E-state index in [9.17, 15) is 0 Å². The number of aliphatic imine (C=N–C) groups is 1. The van der Waals surface area contributed by atoms with Crippen molar-refractivity contribution in [3.8, 4) is 0 Å². The Labute approximate surface area is 151 Å². The highest BCUT2D eigenvalue weighted by molar-refractivity contribution is 14.0. The minimum Gasteiger partial charge on any atom is -0.355 e. The summed E-state index contributed by atoms with van der Waals surface area (Å²) in [6, 6.07) is 0.552. The minimum absolute atomic E-state index is 0. The molecular weight excluding hydrogens is 389 g/mol. The van der Waals surface area contributed by atoms with Crippen molar-refractivity contribution in [3.63, 3.8) is 0 Å².